The predicted molar refractivity (Wildman–Crippen MR) is 114 cm³/mol. The van der Waals surface area contributed by atoms with Crippen LogP contribution in [0.3, 0.4) is 0 Å². The van der Waals surface area contributed by atoms with Crippen molar-refractivity contribution in [2.24, 2.45) is 17.8 Å². The molecule has 4 atom stereocenters. The summed E-state index contributed by atoms with van der Waals surface area (Å²) in [6.07, 6.45) is 0. The molecule has 160 valence electrons. The van der Waals surface area contributed by atoms with Crippen molar-refractivity contribution in [3.8, 4) is 5.75 Å². The number of carbonyl (C=O) groups is 3. The monoisotopic (exact) mass is 419 g/mol. The molecule has 3 aliphatic rings. The van der Waals surface area contributed by atoms with Crippen LogP contribution in [-0.2, 0) is 26.5 Å². The van der Waals surface area contributed by atoms with Crippen LogP contribution in [0.15, 0.2) is 48.5 Å². The smallest absolute Gasteiger partial charge is 0.250 e. The lowest BCUT2D eigenvalue weighted by molar-refractivity contribution is -0.143. The van der Waals surface area contributed by atoms with Crippen molar-refractivity contribution in [1.82, 2.24) is 10.2 Å². The van der Waals surface area contributed by atoms with E-state index in [2.05, 4.69) is 10.6 Å². The van der Waals surface area contributed by atoms with Gasteiger partial charge in [0.15, 0.2) is 0 Å². The molecule has 0 radical (unpaired) electrons. The number of anilines is 1. The molecule has 2 aromatic carbocycles. The molecule has 1 spiro atoms. The summed E-state index contributed by atoms with van der Waals surface area (Å²) in [4.78, 5) is 41.9. The summed E-state index contributed by atoms with van der Waals surface area (Å²) in [6.45, 7) is 4.14. The van der Waals surface area contributed by atoms with Crippen molar-refractivity contribution >= 4 is 23.4 Å². The largest absolute Gasteiger partial charge is 0.496 e. The maximum absolute atomic E-state index is 13.7. The highest BCUT2D eigenvalue weighted by molar-refractivity contribution is 6.15. The molecule has 3 aliphatic heterocycles. The van der Waals surface area contributed by atoms with Gasteiger partial charge in [-0.15, -0.1) is 0 Å². The second-order valence-electron chi connectivity index (χ2n) is 8.80. The number of likely N-dealkylation sites (tertiary alicyclic amines) is 1. The van der Waals surface area contributed by atoms with Crippen LogP contribution in [0.2, 0.25) is 0 Å². The highest BCUT2D eigenvalue weighted by Gasteiger charge is 2.70. The number of rotatable bonds is 4. The minimum atomic E-state index is -1.24. The van der Waals surface area contributed by atoms with Crippen LogP contribution < -0.4 is 15.4 Å². The summed E-state index contributed by atoms with van der Waals surface area (Å²) in [5.74, 6) is -1.52. The average Bonchev–Trinajstić information content (AvgIpc) is 3.35. The number of nitrogens with one attached hydrogen (secondary N) is 2. The van der Waals surface area contributed by atoms with Gasteiger partial charge in [-0.3, -0.25) is 24.6 Å². The van der Waals surface area contributed by atoms with Crippen molar-refractivity contribution < 1.29 is 19.1 Å². The van der Waals surface area contributed by atoms with Crippen molar-refractivity contribution in [3.63, 3.8) is 0 Å². The van der Waals surface area contributed by atoms with Crippen molar-refractivity contribution in [2.75, 3.05) is 12.4 Å². The lowest BCUT2D eigenvalue weighted by Gasteiger charge is -2.30. The van der Waals surface area contributed by atoms with E-state index in [1.165, 1.54) is 4.90 Å². The van der Waals surface area contributed by atoms with Crippen LogP contribution in [0.25, 0.3) is 0 Å². The number of amides is 3. The van der Waals surface area contributed by atoms with Crippen molar-refractivity contribution in [2.45, 2.75) is 32.0 Å². The third-order valence-electron chi connectivity index (χ3n) is 6.89. The second kappa shape index (κ2) is 6.92. The normalized spacial score (nSPS) is 29.0. The van der Waals surface area contributed by atoms with Crippen LogP contribution in [0.1, 0.15) is 25.0 Å². The molecule has 0 aromatic heterocycles. The quantitative estimate of drug-likeness (QED) is 0.743. The predicted octanol–water partition coefficient (Wildman–Crippen LogP) is 2.27. The van der Waals surface area contributed by atoms with Gasteiger partial charge < -0.3 is 10.1 Å². The molecule has 2 fully saturated rings. The van der Waals surface area contributed by atoms with E-state index in [4.69, 9.17) is 4.74 Å². The van der Waals surface area contributed by atoms with Gasteiger partial charge in [-0.05, 0) is 18.1 Å². The number of methoxy groups -OCH3 is 1. The Kier molecular flexibility index (Phi) is 4.41. The number of ether oxygens (including phenoxy) is 1. The van der Waals surface area contributed by atoms with E-state index in [9.17, 15) is 14.4 Å². The Hall–Kier alpha value is -3.19. The minimum absolute atomic E-state index is 0.0652. The van der Waals surface area contributed by atoms with E-state index < -0.39 is 17.4 Å². The molecule has 0 aliphatic carbocycles. The molecule has 2 N–H and O–H groups in total. The number of imide groups is 1. The van der Waals surface area contributed by atoms with Crippen molar-refractivity contribution in [3.05, 3.63) is 59.7 Å². The van der Waals surface area contributed by atoms with Crippen molar-refractivity contribution in [1.29, 1.82) is 0 Å². The molecular weight excluding hydrogens is 394 g/mol. The third-order valence-corrected chi connectivity index (χ3v) is 6.89. The van der Waals surface area contributed by atoms with E-state index in [-0.39, 0.29) is 36.2 Å². The number of carbonyl (C=O) groups excluding carboxylic acids is 3. The fraction of sp³-hybridized carbons (Fsp3) is 0.375. The molecule has 2 saturated heterocycles. The number of benzene rings is 2. The highest BCUT2D eigenvalue weighted by Crippen LogP contribution is 2.54. The Morgan fingerprint density at radius 2 is 1.74 bits per heavy atom. The van der Waals surface area contributed by atoms with Gasteiger partial charge >= 0.3 is 0 Å². The standard InChI is InChI=1S/C24H25N3O4/c1-13(2)20-18-19(24(26-20)15-9-5-6-10-16(15)25-23(24)30)22(29)27(21(18)28)12-14-8-4-7-11-17(14)31-3/h4-11,13,18-20,26H,12H2,1-3H3,(H,25,30)/t18-,19+,20-,24+/m0/s1. The Balaban J connectivity index is 1.60. The number of hydrogen-bond donors (Lipinski definition) is 2. The fourth-order valence-electron chi connectivity index (χ4n) is 5.48. The first-order valence-electron chi connectivity index (χ1n) is 10.6. The summed E-state index contributed by atoms with van der Waals surface area (Å²) in [5.41, 5.74) is 0.939. The Labute approximate surface area is 180 Å². The summed E-state index contributed by atoms with van der Waals surface area (Å²) < 4.78 is 5.41. The zero-order valence-electron chi connectivity index (χ0n) is 17.7. The highest BCUT2D eigenvalue weighted by atomic mass is 16.5. The topological polar surface area (TPSA) is 87.7 Å². The molecular formula is C24H25N3O4. The Morgan fingerprint density at radius 1 is 1.03 bits per heavy atom. The molecule has 3 amide bonds. The van der Waals surface area contributed by atoms with Gasteiger partial charge in [0, 0.05) is 22.9 Å². The third kappa shape index (κ3) is 2.59. The zero-order valence-corrected chi connectivity index (χ0v) is 17.7. The average molecular weight is 419 g/mol. The van der Waals surface area contributed by atoms with E-state index in [1.807, 2.05) is 62.4 Å². The number of para-hydroxylation sites is 2. The summed E-state index contributed by atoms with van der Waals surface area (Å²) in [6, 6.07) is 14.5. The van der Waals surface area contributed by atoms with Gasteiger partial charge in [0.2, 0.25) is 17.7 Å². The molecule has 31 heavy (non-hydrogen) atoms. The van der Waals surface area contributed by atoms with Gasteiger partial charge in [-0.2, -0.15) is 0 Å². The Morgan fingerprint density at radius 3 is 2.48 bits per heavy atom. The van der Waals surface area contributed by atoms with Crippen LogP contribution >= 0.6 is 0 Å². The van der Waals surface area contributed by atoms with Gasteiger partial charge in [-0.1, -0.05) is 50.2 Å². The number of nitrogens with zero attached hydrogens (tertiary/aromatic N) is 1. The lowest BCUT2D eigenvalue weighted by Crippen LogP contribution is -2.53. The van der Waals surface area contributed by atoms with Crippen LogP contribution in [0.4, 0.5) is 5.69 Å². The van der Waals surface area contributed by atoms with E-state index in [0.29, 0.717) is 11.4 Å². The SMILES string of the molecule is COc1ccccc1CN1C(=O)[C@@H]2[C@H](C(C)C)N[C@@]3(C(=O)Nc4ccccc43)[C@H]2C1=O. The molecule has 7 nitrogen and oxygen atoms in total. The summed E-state index contributed by atoms with van der Waals surface area (Å²) >= 11 is 0. The first-order valence-corrected chi connectivity index (χ1v) is 10.6. The van der Waals surface area contributed by atoms with E-state index >= 15 is 0 Å². The van der Waals surface area contributed by atoms with Gasteiger partial charge in [-0.25, -0.2) is 0 Å². The summed E-state index contributed by atoms with van der Waals surface area (Å²) in [5, 5.41) is 6.35. The number of fused-ring (bicyclic) bond motifs is 4. The molecule has 0 saturated carbocycles. The molecule has 0 bridgehead atoms. The molecule has 3 heterocycles. The minimum Gasteiger partial charge on any atom is -0.496 e. The lowest BCUT2D eigenvalue weighted by atomic mass is 9.76. The van der Waals surface area contributed by atoms with Crippen LogP contribution in [0, 0.1) is 17.8 Å². The zero-order chi connectivity index (χ0) is 21.9. The maximum Gasteiger partial charge on any atom is 0.250 e. The van der Waals surface area contributed by atoms with E-state index in [0.717, 1.165) is 11.1 Å². The second-order valence-corrected chi connectivity index (χ2v) is 8.80. The van der Waals surface area contributed by atoms with Gasteiger partial charge in [0.25, 0.3) is 0 Å². The van der Waals surface area contributed by atoms with Gasteiger partial charge in [0.05, 0.1) is 25.5 Å². The fourth-order valence-corrected chi connectivity index (χ4v) is 5.48. The maximum atomic E-state index is 13.7. The van der Waals surface area contributed by atoms with Crippen LogP contribution in [0.5, 0.6) is 5.75 Å². The molecule has 0 unspecified atom stereocenters. The molecule has 5 rings (SSSR count). The Bertz CT molecular complexity index is 1100. The van der Waals surface area contributed by atoms with Gasteiger partial charge in [0.1, 0.15) is 11.3 Å². The molecule has 7 heteroatoms. The first kappa shape index (κ1) is 19.8. The molecule has 2 aromatic rings. The van der Waals surface area contributed by atoms with Crippen LogP contribution in [-0.4, -0.2) is 35.8 Å². The number of hydrogen-bond acceptors (Lipinski definition) is 5. The van der Waals surface area contributed by atoms with E-state index in [1.54, 1.807) is 7.11 Å². The first-order chi connectivity index (χ1) is 14.9. The summed E-state index contributed by atoms with van der Waals surface area (Å²) in [7, 11) is 1.56.